The SMILES string of the molecule is Cc1cccc2c1N1c3cccc(-c4cccc(N(c5ccccc5)c5ccc(-c6ccccc6)cc5)c4)c3C(C)(C)c3cccc(c31)O2. The van der Waals surface area contributed by atoms with Gasteiger partial charge in [-0.3, -0.25) is 0 Å². The first kappa shape index (κ1) is 29.1. The molecule has 2 aliphatic rings. The number of aryl methyl sites for hydroxylation is 1. The van der Waals surface area contributed by atoms with Crippen molar-refractivity contribution in [2.75, 3.05) is 9.80 Å². The van der Waals surface area contributed by atoms with Crippen molar-refractivity contribution >= 4 is 34.1 Å². The summed E-state index contributed by atoms with van der Waals surface area (Å²) in [4.78, 5) is 4.79. The van der Waals surface area contributed by atoms with E-state index in [-0.39, 0.29) is 5.41 Å². The van der Waals surface area contributed by atoms with Crippen LogP contribution in [-0.4, -0.2) is 0 Å². The Morgan fingerprint density at radius 3 is 1.88 bits per heavy atom. The van der Waals surface area contributed by atoms with Gasteiger partial charge in [-0.2, -0.15) is 0 Å². The molecule has 49 heavy (non-hydrogen) atoms. The van der Waals surface area contributed by atoms with Crippen LogP contribution in [0.15, 0.2) is 164 Å². The number of fused-ring (bicyclic) bond motifs is 4. The topological polar surface area (TPSA) is 15.7 Å². The molecule has 0 amide bonds. The molecular weight excluding hydrogens is 597 g/mol. The van der Waals surface area contributed by atoms with Crippen LogP contribution >= 0.6 is 0 Å². The molecule has 0 radical (unpaired) electrons. The second-order valence-electron chi connectivity index (χ2n) is 13.5. The van der Waals surface area contributed by atoms with E-state index in [1.54, 1.807) is 0 Å². The lowest BCUT2D eigenvalue weighted by Crippen LogP contribution is -2.33. The van der Waals surface area contributed by atoms with E-state index in [2.05, 4.69) is 194 Å². The number of nitrogens with zero attached hydrogens (tertiary/aromatic N) is 2. The normalized spacial score (nSPS) is 13.5. The zero-order valence-electron chi connectivity index (χ0n) is 27.9. The Morgan fingerprint density at radius 2 is 1.10 bits per heavy atom. The second-order valence-corrected chi connectivity index (χ2v) is 13.5. The predicted octanol–water partition coefficient (Wildman–Crippen LogP) is 13.0. The van der Waals surface area contributed by atoms with Crippen molar-refractivity contribution in [1.82, 2.24) is 0 Å². The molecule has 3 nitrogen and oxygen atoms in total. The van der Waals surface area contributed by atoms with Crippen LogP contribution in [0.1, 0.15) is 30.5 Å². The van der Waals surface area contributed by atoms with Crippen molar-refractivity contribution < 1.29 is 4.74 Å². The number of hydrogen-bond acceptors (Lipinski definition) is 3. The average Bonchev–Trinajstić information content (AvgIpc) is 3.14. The third-order valence-electron chi connectivity index (χ3n) is 10.1. The molecule has 0 fully saturated rings. The number of hydrogen-bond donors (Lipinski definition) is 0. The van der Waals surface area contributed by atoms with E-state index < -0.39 is 0 Å². The molecule has 236 valence electrons. The lowest BCUT2D eigenvalue weighted by Gasteiger charge is -2.46. The van der Waals surface area contributed by atoms with E-state index in [9.17, 15) is 0 Å². The minimum Gasteiger partial charge on any atom is -0.453 e. The van der Waals surface area contributed by atoms with Crippen LogP contribution in [-0.2, 0) is 5.41 Å². The number of benzene rings is 7. The molecule has 9 rings (SSSR count). The average molecular weight is 633 g/mol. The first-order valence-corrected chi connectivity index (χ1v) is 16.9. The quantitative estimate of drug-likeness (QED) is 0.188. The molecule has 0 bridgehead atoms. The van der Waals surface area contributed by atoms with Gasteiger partial charge in [-0.15, -0.1) is 0 Å². The largest absolute Gasteiger partial charge is 0.453 e. The maximum absolute atomic E-state index is 6.54. The molecule has 0 aromatic heterocycles. The molecule has 0 N–H and O–H groups in total. The fourth-order valence-corrected chi connectivity index (χ4v) is 7.84. The Kier molecular flexibility index (Phi) is 6.70. The smallest absolute Gasteiger partial charge is 0.151 e. The molecule has 3 heteroatoms. The van der Waals surface area contributed by atoms with Crippen LogP contribution in [0.25, 0.3) is 22.3 Å². The molecule has 0 unspecified atom stereocenters. The van der Waals surface area contributed by atoms with Gasteiger partial charge in [-0.25, -0.2) is 0 Å². The van der Waals surface area contributed by atoms with Crippen LogP contribution in [0.3, 0.4) is 0 Å². The number of para-hydroxylation sites is 3. The van der Waals surface area contributed by atoms with Gasteiger partial charge in [0, 0.05) is 22.5 Å². The highest BCUT2D eigenvalue weighted by molar-refractivity contribution is 5.97. The van der Waals surface area contributed by atoms with Gasteiger partial charge >= 0.3 is 0 Å². The Balaban J connectivity index is 1.21. The van der Waals surface area contributed by atoms with E-state index in [1.807, 2.05) is 0 Å². The first-order valence-electron chi connectivity index (χ1n) is 16.9. The van der Waals surface area contributed by atoms with E-state index in [0.717, 1.165) is 39.9 Å². The Hall–Kier alpha value is -6.06. The number of rotatable bonds is 5. The summed E-state index contributed by atoms with van der Waals surface area (Å²) in [5.41, 5.74) is 15.1. The molecule has 0 saturated carbocycles. The molecule has 2 aliphatic heterocycles. The summed E-state index contributed by atoms with van der Waals surface area (Å²) in [6.45, 7) is 6.88. The van der Waals surface area contributed by atoms with E-state index in [1.165, 1.54) is 44.6 Å². The third kappa shape index (κ3) is 4.65. The van der Waals surface area contributed by atoms with Crippen molar-refractivity contribution in [2.45, 2.75) is 26.2 Å². The minimum absolute atomic E-state index is 0.278. The lowest BCUT2D eigenvalue weighted by atomic mass is 9.70. The summed E-state index contributed by atoms with van der Waals surface area (Å²) in [5, 5.41) is 0. The predicted molar refractivity (Wildman–Crippen MR) is 204 cm³/mol. The summed E-state index contributed by atoms with van der Waals surface area (Å²) in [6.07, 6.45) is 0. The van der Waals surface area contributed by atoms with E-state index in [0.29, 0.717) is 0 Å². The highest BCUT2D eigenvalue weighted by Crippen LogP contribution is 2.61. The van der Waals surface area contributed by atoms with Gasteiger partial charge in [-0.05, 0) is 100 Å². The van der Waals surface area contributed by atoms with Gasteiger partial charge in [0.25, 0.3) is 0 Å². The van der Waals surface area contributed by atoms with Gasteiger partial charge in [0.05, 0.1) is 17.1 Å². The molecule has 7 aromatic rings. The lowest BCUT2D eigenvalue weighted by molar-refractivity contribution is 0.471. The molecule has 2 heterocycles. The first-order chi connectivity index (χ1) is 24.0. The molecule has 7 aromatic carbocycles. The van der Waals surface area contributed by atoms with E-state index >= 15 is 0 Å². The highest BCUT2D eigenvalue weighted by Gasteiger charge is 2.43. The van der Waals surface area contributed by atoms with Crippen LogP contribution in [0.2, 0.25) is 0 Å². The summed E-state index contributed by atoms with van der Waals surface area (Å²) < 4.78 is 6.54. The zero-order chi connectivity index (χ0) is 33.1. The molecular formula is C46H36N2O. The summed E-state index contributed by atoms with van der Waals surface area (Å²) in [5.74, 6) is 1.79. The van der Waals surface area contributed by atoms with Crippen LogP contribution in [0, 0.1) is 6.92 Å². The third-order valence-corrected chi connectivity index (χ3v) is 10.1. The van der Waals surface area contributed by atoms with Gasteiger partial charge in [0.2, 0.25) is 0 Å². The summed E-state index contributed by atoms with van der Waals surface area (Å²) >= 11 is 0. The molecule has 0 spiro atoms. The van der Waals surface area contributed by atoms with E-state index in [4.69, 9.17) is 4.74 Å². The van der Waals surface area contributed by atoms with Crippen molar-refractivity contribution in [3.05, 3.63) is 180 Å². The number of ether oxygens (including phenoxy) is 1. The van der Waals surface area contributed by atoms with Gasteiger partial charge in [0.15, 0.2) is 11.5 Å². The maximum atomic E-state index is 6.54. The van der Waals surface area contributed by atoms with Crippen molar-refractivity contribution in [2.24, 2.45) is 0 Å². The fourth-order valence-electron chi connectivity index (χ4n) is 7.84. The highest BCUT2D eigenvalue weighted by atomic mass is 16.5. The minimum atomic E-state index is -0.278. The summed E-state index contributed by atoms with van der Waals surface area (Å²) in [6, 6.07) is 58.7. The van der Waals surface area contributed by atoms with Crippen LogP contribution in [0.5, 0.6) is 11.5 Å². The van der Waals surface area contributed by atoms with Gasteiger partial charge in [-0.1, -0.05) is 123 Å². The summed E-state index contributed by atoms with van der Waals surface area (Å²) in [7, 11) is 0. The Labute approximate surface area is 288 Å². The standard InChI is InChI=1S/C46H36N2O/c1-31-14-10-24-41-44(31)48-40-23-12-21-38(43(40)46(2,3)39-22-13-25-42(49-41)45(39)48)34-17-11-20-37(30-34)47(35-18-8-5-9-19-35)36-28-26-33(27-29-36)32-15-6-4-7-16-32/h4-30H,1-3H3. The Bertz CT molecular complexity index is 2340. The molecule has 0 atom stereocenters. The van der Waals surface area contributed by atoms with Crippen LogP contribution < -0.4 is 14.5 Å². The second kappa shape index (κ2) is 11.3. The van der Waals surface area contributed by atoms with Crippen molar-refractivity contribution in [1.29, 1.82) is 0 Å². The van der Waals surface area contributed by atoms with Gasteiger partial charge < -0.3 is 14.5 Å². The van der Waals surface area contributed by atoms with Gasteiger partial charge in [0.1, 0.15) is 0 Å². The zero-order valence-corrected chi connectivity index (χ0v) is 27.9. The van der Waals surface area contributed by atoms with Crippen molar-refractivity contribution in [3.8, 4) is 33.8 Å². The van der Waals surface area contributed by atoms with Crippen LogP contribution in [0.4, 0.5) is 34.1 Å². The molecule has 0 aliphatic carbocycles. The number of anilines is 6. The monoisotopic (exact) mass is 632 g/mol. The molecule has 0 saturated heterocycles. The fraction of sp³-hybridized carbons (Fsp3) is 0.0870. The van der Waals surface area contributed by atoms with Crippen molar-refractivity contribution in [3.63, 3.8) is 0 Å². The maximum Gasteiger partial charge on any atom is 0.151 e. The Morgan fingerprint density at radius 1 is 0.510 bits per heavy atom.